The maximum Gasteiger partial charge on any atom is 0.257 e. The molecule has 0 saturated carbocycles. The molecule has 1 N–H and O–H groups in total. The van der Waals surface area contributed by atoms with Crippen molar-refractivity contribution in [3.05, 3.63) is 33.8 Å². The van der Waals surface area contributed by atoms with Gasteiger partial charge in [0.1, 0.15) is 17.2 Å². The standard InChI is InChI=1S/C14H17BrF2N2O/c1-2-19-5-3-4-10(8-19)18-14(20)13-11(16)6-9(15)7-12(13)17/h6-7,10H,2-5,8H2,1H3,(H,18,20). The molecule has 6 heteroatoms. The topological polar surface area (TPSA) is 32.3 Å². The number of benzene rings is 1. The van der Waals surface area contributed by atoms with Crippen LogP contribution in [0.4, 0.5) is 8.78 Å². The maximum atomic E-state index is 13.7. The number of carbonyl (C=O) groups excluding carboxylic acids is 1. The molecular weight excluding hydrogens is 330 g/mol. The number of likely N-dealkylation sites (tertiary alicyclic amines) is 1. The first-order valence-electron chi connectivity index (χ1n) is 6.69. The molecule has 1 aromatic carbocycles. The zero-order valence-corrected chi connectivity index (χ0v) is 12.8. The van der Waals surface area contributed by atoms with Gasteiger partial charge in [-0.1, -0.05) is 22.9 Å². The van der Waals surface area contributed by atoms with Crippen LogP contribution in [0.1, 0.15) is 30.1 Å². The number of hydrogen-bond donors (Lipinski definition) is 1. The van der Waals surface area contributed by atoms with Crippen LogP contribution in [-0.4, -0.2) is 36.5 Å². The van der Waals surface area contributed by atoms with E-state index in [1.807, 2.05) is 0 Å². The van der Waals surface area contributed by atoms with E-state index in [-0.39, 0.29) is 10.5 Å². The second kappa shape index (κ2) is 6.63. The molecule has 1 fully saturated rings. The fourth-order valence-electron chi connectivity index (χ4n) is 2.48. The van der Waals surface area contributed by atoms with Gasteiger partial charge in [-0.15, -0.1) is 0 Å². The van der Waals surface area contributed by atoms with Crippen LogP contribution >= 0.6 is 15.9 Å². The Morgan fingerprint density at radius 2 is 2.10 bits per heavy atom. The number of amides is 1. The van der Waals surface area contributed by atoms with Crippen LogP contribution in [0.5, 0.6) is 0 Å². The summed E-state index contributed by atoms with van der Waals surface area (Å²) in [7, 11) is 0. The van der Waals surface area contributed by atoms with Crippen LogP contribution in [0.25, 0.3) is 0 Å². The first kappa shape index (κ1) is 15.4. The Morgan fingerprint density at radius 3 is 2.70 bits per heavy atom. The van der Waals surface area contributed by atoms with Crippen LogP contribution in [0.15, 0.2) is 16.6 Å². The van der Waals surface area contributed by atoms with Crippen LogP contribution in [0.2, 0.25) is 0 Å². The summed E-state index contributed by atoms with van der Waals surface area (Å²) in [4.78, 5) is 14.2. The Balaban J connectivity index is 2.09. The van der Waals surface area contributed by atoms with Gasteiger partial charge in [-0.25, -0.2) is 8.78 Å². The summed E-state index contributed by atoms with van der Waals surface area (Å²) in [5.41, 5.74) is -0.512. The van der Waals surface area contributed by atoms with Crippen molar-refractivity contribution in [2.75, 3.05) is 19.6 Å². The molecule has 1 atom stereocenters. The molecule has 1 unspecified atom stereocenters. The second-order valence-corrected chi connectivity index (χ2v) is 5.87. The third-order valence-electron chi connectivity index (χ3n) is 3.52. The summed E-state index contributed by atoms with van der Waals surface area (Å²) in [6.07, 6.45) is 1.81. The zero-order valence-electron chi connectivity index (χ0n) is 11.3. The maximum absolute atomic E-state index is 13.7. The van der Waals surface area contributed by atoms with E-state index in [9.17, 15) is 13.6 Å². The second-order valence-electron chi connectivity index (χ2n) is 4.95. The van der Waals surface area contributed by atoms with Gasteiger partial charge in [0.25, 0.3) is 5.91 Å². The Bertz CT molecular complexity index is 487. The van der Waals surface area contributed by atoms with Crippen LogP contribution in [0.3, 0.4) is 0 Å². The third-order valence-corrected chi connectivity index (χ3v) is 3.98. The summed E-state index contributed by atoms with van der Waals surface area (Å²) in [5, 5.41) is 2.72. The lowest BCUT2D eigenvalue weighted by molar-refractivity contribution is 0.0897. The molecule has 1 heterocycles. The van der Waals surface area contributed by atoms with E-state index in [1.54, 1.807) is 0 Å². The van der Waals surface area contributed by atoms with Gasteiger partial charge in [-0.3, -0.25) is 4.79 Å². The molecule has 0 aromatic heterocycles. The van der Waals surface area contributed by atoms with Crippen LogP contribution < -0.4 is 5.32 Å². The quantitative estimate of drug-likeness (QED) is 0.912. The van der Waals surface area contributed by atoms with Crippen LogP contribution in [0, 0.1) is 11.6 Å². The van der Waals surface area contributed by atoms with Crippen molar-refractivity contribution in [2.45, 2.75) is 25.8 Å². The van der Waals surface area contributed by atoms with Gasteiger partial charge >= 0.3 is 0 Å². The molecule has 1 amide bonds. The number of halogens is 3. The number of hydrogen-bond acceptors (Lipinski definition) is 2. The normalized spacial score (nSPS) is 19.9. The summed E-state index contributed by atoms with van der Waals surface area (Å²) in [5.74, 6) is -2.38. The number of piperidine rings is 1. The van der Waals surface area contributed by atoms with E-state index in [0.29, 0.717) is 0 Å². The molecule has 1 aliphatic heterocycles. The summed E-state index contributed by atoms with van der Waals surface area (Å²) in [6, 6.07) is 2.13. The highest BCUT2D eigenvalue weighted by Gasteiger charge is 2.24. The molecule has 2 rings (SSSR count). The minimum atomic E-state index is -0.850. The Kier molecular flexibility index (Phi) is 5.10. The lowest BCUT2D eigenvalue weighted by Crippen LogP contribution is -2.47. The minimum Gasteiger partial charge on any atom is -0.348 e. The van der Waals surface area contributed by atoms with Gasteiger partial charge < -0.3 is 10.2 Å². The van der Waals surface area contributed by atoms with Crippen molar-refractivity contribution in [1.82, 2.24) is 10.2 Å². The third kappa shape index (κ3) is 3.55. The van der Waals surface area contributed by atoms with Gasteiger partial charge in [-0.2, -0.15) is 0 Å². The largest absolute Gasteiger partial charge is 0.348 e. The Hall–Kier alpha value is -1.01. The molecule has 0 bridgehead atoms. The predicted molar refractivity (Wildman–Crippen MR) is 76.7 cm³/mol. The monoisotopic (exact) mass is 346 g/mol. The summed E-state index contributed by atoms with van der Waals surface area (Å²) >= 11 is 2.99. The highest BCUT2D eigenvalue weighted by Crippen LogP contribution is 2.20. The molecule has 110 valence electrons. The average Bonchev–Trinajstić information content (AvgIpc) is 2.37. The molecule has 1 aromatic rings. The smallest absolute Gasteiger partial charge is 0.257 e. The summed E-state index contributed by atoms with van der Waals surface area (Å²) in [6.45, 7) is 4.69. The number of rotatable bonds is 3. The Labute approximate surface area is 125 Å². The van der Waals surface area contributed by atoms with Crippen LogP contribution in [-0.2, 0) is 0 Å². The van der Waals surface area contributed by atoms with Gasteiger partial charge in [0.05, 0.1) is 0 Å². The van der Waals surface area contributed by atoms with Gasteiger partial charge in [0.15, 0.2) is 0 Å². The SMILES string of the molecule is CCN1CCCC(NC(=O)c2c(F)cc(Br)cc2F)C1. The number of likely N-dealkylation sites (N-methyl/N-ethyl adjacent to an activating group) is 1. The lowest BCUT2D eigenvalue weighted by atomic mass is 10.0. The summed E-state index contributed by atoms with van der Waals surface area (Å²) < 4.78 is 27.7. The van der Waals surface area contributed by atoms with Gasteiger partial charge in [-0.05, 0) is 38.1 Å². The van der Waals surface area contributed by atoms with E-state index < -0.39 is 23.1 Å². The number of nitrogens with zero attached hydrogens (tertiary/aromatic N) is 1. The van der Waals surface area contributed by atoms with Crippen molar-refractivity contribution in [1.29, 1.82) is 0 Å². The Morgan fingerprint density at radius 1 is 1.45 bits per heavy atom. The van der Waals surface area contributed by atoms with E-state index in [0.717, 1.165) is 44.6 Å². The van der Waals surface area contributed by atoms with Crippen molar-refractivity contribution in [2.24, 2.45) is 0 Å². The van der Waals surface area contributed by atoms with Gasteiger partial charge in [0.2, 0.25) is 0 Å². The highest BCUT2D eigenvalue weighted by molar-refractivity contribution is 9.10. The molecular formula is C14H17BrF2N2O. The zero-order chi connectivity index (χ0) is 14.7. The van der Waals surface area contributed by atoms with E-state index in [2.05, 4.69) is 33.1 Å². The van der Waals surface area contributed by atoms with E-state index >= 15 is 0 Å². The molecule has 0 aliphatic carbocycles. The average molecular weight is 347 g/mol. The molecule has 1 saturated heterocycles. The fraction of sp³-hybridized carbons (Fsp3) is 0.500. The molecule has 0 spiro atoms. The first-order valence-corrected chi connectivity index (χ1v) is 7.48. The molecule has 1 aliphatic rings. The van der Waals surface area contributed by atoms with Crippen molar-refractivity contribution in [3.63, 3.8) is 0 Å². The molecule has 0 radical (unpaired) electrons. The van der Waals surface area contributed by atoms with E-state index in [1.165, 1.54) is 0 Å². The van der Waals surface area contributed by atoms with Crippen molar-refractivity contribution < 1.29 is 13.6 Å². The van der Waals surface area contributed by atoms with Crippen molar-refractivity contribution >= 4 is 21.8 Å². The first-order chi connectivity index (χ1) is 9.51. The van der Waals surface area contributed by atoms with Crippen molar-refractivity contribution in [3.8, 4) is 0 Å². The predicted octanol–water partition coefficient (Wildman–Crippen LogP) is 2.94. The molecule has 3 nitrogen and oxygen atoms in total. The molecule has 20 heavy (non-hydrogen) atoms. The highest BCUT2D eigenvalue weighted by atomic mass is 79.9. The van der Waals surface area contributed by atoms with Gasteiger partial charge in [0, 0.05) is 17.1 Å². The van der Waals surface area contributed by atoms with E-state index in [4.69, 9.17) is 0 Å². The number of carbonyl (C=O) groups is 1. The minimum absolute atomic E-state index is 0.0568. The lowest BCUT2D eigenvalue weighted by Gasteiger charge is -2.32. The number of nitrogens with one attached hydrogen (secondary N) is 1. The fourth-order valence-corrected chi connectivity index (χ4v) is 2.88.